The average Bonchev–Trinajstić information content (AvgIpc) is 2.39. The van der Waals surface area contributed by atoms with Crippen molar-refractivity contribution in [3.63, 3.8) is 0 Å². The number of pyridine rings is 1. The molecule has 0 atom stereocenters. The first kappa shape index (κ1) is 12.4. The zero-order valence-corrected chi connectivity index (χ0v) is 9.57. The van der Waals surface area contributed by atoms with Gasteiger partial charge in [-0.2, -0.15) is 0 Å². The number of fused-ring (bicyclic) bond motifs is 1. The molecule has 0 bridgehead atoms. The summed E-state index contributed by atoms with van der Waals surface area (Å²) in [6.45, 7) is 0.168. The Morgan fingerprint density at radius 1 is 1.39 bits per heavy atom. The molecule has 2 aromatic rings. The van der Waals surface area contributed by atoms with E-state index >= 15 is 0 Å². The summed E-state index contributed by atoms with van der Waals surface area (Å²) < 4.78 is 30.7. The van der Waals surface area contributed by atoms with Crippen molar-refractivity contribution >= 4 is 10.9 Å². The Bertz CT molecular complexity index is 584. The van der Waals surface area contributed by atoms with Crippen LogP contribution >= 0.6 is 0 Å². The number of halogens is 2. The normalized spacial score (nSPS) is 11.8. The number of nitrogens with two attached hydrogens (primary N) is 1. The Hall–Kier alpha value is -2.01. The molecule has 2 rings (SSSR count). The molecule has 0 saturated carbocycles. The molecule has 0 fully saturated rings. The number of hydrogen-bond donors (Lipinski definition) is 1. The first-order valence-electron chi connectivity index (χ1n) is 5.39. The van der Waals surface area contributed by atoms with Crippen molar-refractivity contribution < 1.29 is 13.5 Å². The van der Waals surface area contributed by atoms with Gasteiger partial charge in [0.1, 0.15) is 18.2 Å². The van der Waals surface area contributed by atoms with Gasteiger partial charge in [-0.3, -0.25) is 4.98 Å². The van der Waals surface area contributed by atoms with E-state index in [2.05, 4.69) is 4.98 Å². The van der Waals surface area contributed by atoms with Crippen LogP contribution in [0.5, 0.6) is 5.75 Å². The lowest BCUT2D eigenvalue weighted by atomic mass is 10.2. The minimum atomic E-state index is -0.411. The van der Waals surface area contributed by atoms with Gasteiger partial charge in [0, 0.05) is 17.5 Å². The lowest BCUT2D eigenvalue weighted by molar-refractivity contribution is 0.348. The molecule has 0 aliphatic rings. The van der Waals surface area contributed by atoms with E-state index in [1.807, 2.05) is 0 Å². The highest BCUT2D eigenvalue weighted by molar-refractivity contribution is 5.79. The highest BCUT2D eigenvalue weighted by Gasteiger charge is 2.02. The molecule has 3 nitrogen and oxygen atoms in total. The van der Waals surface area contributed by atoms with Crippen LogP contribution in [0.4, 0.5) is 8.78 Å². The standard InChI is InChI=1S/C13H12F2N2O/c14-5-9(6-16)8-18-12-1-2-13-10(4-12)3-11(15)7-17-13/h1-5,7H,6,8,16H2/b9-5+. The Morgan fingerprint density at radius 2 is 2.22 bits per heavy atom. The Morgan fingerprint density at radius 3 is 2.94 bits per heavy atom. The predicted molar refractivity (Wildman–Crippen MR) is 65.4 cm³/mol. The van der Waals surface area contributed by atoms with Crippen molar-refractivity contribution in [1.82, 2.24) is 4.98 Å². The van der Waals surface area contributed by atoms with Gasteiger partial charge in [0.2, 0.25) is 0 Å². The molecule has 0 unspecified atom stereocenters. The quantitative estimate of drug-likeness (QED) is 0.907. The van der Waals surface area contributed by atoms with Crippen LogP contribution in [0, 0.1) is 5.82 Å². The SMILES string of the molecule is NC/C(=C\F)COc1ccc2ncc(F)cc2c1. The number of ether oxygens (including phenoxy) is 1. The summed E-state index contributed by atoms with van der Waals surface area (Å²) in [6, 6.07) is 6.42. The Kier molecular flexibility index (Phi) is 3.84. The van der Waals surface area contributed by atoms with Crippen molar-refractivity contribution in [1.29, 1.82) is 0 Å². The van der Waals surface area contributed by atoms with Gasteiger partial charge in [0.25, 0.3) is 0 Å². The largest absolute Gasteiger partial charge is 0.489 e. The van der Waals surface area contributed by atoms with E-state index in [0.717, 1.165) is 6.20 Å². The maximum absolute atomic E-state index is 13.0. The second-order valence-corrected chi connectivity index (χ2v) is 3.77. The molecular formula is C13H12F2N2O. The summed E-state index contributed by atoms with van der Waals surface area (Å²) in [6.07, 6.45) is 1.59. The Balaban J connectivity index is 2.19. The molecule has 0 saturated heterocycles. The average molecular weight is 250 g/mol. The molecule has 0 radical (unpaired) electrons. The van der Waals surface area contributed by atoms with Gasteiger partial charge in [-0.1, -0.05) is 0 Å². The second kappa shape index (κ2) is 5.55. The van der Waals surface area contributed by atoms with Crippen LogP contribution in [0.2, 0.25) is 0 Å². The molecule has 0 amide bonds. The van der Waals surface area contributed by atoms with Crippen molar-refractivity contribution in [2.24, 2.45) is 5.73 Å². The number of rotatable bonds is 4. The third kappa shape index (κ3) is 2.81. The summed E-state index contributed by atoms with van der Waals surface area (Å²) in [5.41, 5.74) is 6.33. The second-order valence-electron chi connectivity index (χ2n) is 3.77. The van der Waals surface area contributed by atoms with E-state index in [9.17, 15) is 8.78 Å². The topological polar surface area (TPSA) is 48.1 Å². The van der Waals surface area contributed by atoms with Gasteiger partial charge in [-0.05, 0) is 24.3 Å². The number of benzene rings is 1. The zero-order valence-electron chi connectivity index (χ0n) is 9.57. The number of aromatic nitrogens is 1. The Labute approximate surface area is 103 Å². The summed E-state index contributed by atoms with van der Waals surface area (Å²) in [5, 5.41) is 0.631. The van der Waals surface area contributed by atoms with Crippen LogP contribution < -0.4 is 10.5 Å². The smallest absolute Gasteiger partial charge is 0.142 e. The van der Waals surface area contributed by atoms with E-state index < -0.39 is 5.82 Å². The fraction of sp³-hybridized carbons (Fsp3) is 0.154. The van der Waals surface area contributed by atoms with Crippen LogP contribution in [0.15, 0.2) is 42.4 Å². The molecule has 18 heavy (non-hydrogen) atoms. The van der Waals surface area contributed by atoms with Crippen LogP contribution in [0.3, 0.4) is 0 Å². The monoisotopic (exact) mass is 250 g/mol. The molecular weight excluding hydrogens is 238 g/mol. The first-order valence-corrected chi connectivity index (χ1v) is 5.39. The van der Waals surface area contributed by atoms with Gasteiger partial charge in [-0.25, -0.2) is 8.78 Å². The van der Waals surface area contributed by atoms with E-state index in [0.29, 0.717) is 28.6 Å². The molecule has 1 aromatic carbocycles. The lowest BCUT2D eigenvalue weighted by Crippen LogP contribution is -2.10. The number of nitrogens with zero attached hydrogens (tertiary/aromatic N) is 1. The molecule has 1 heterocycles. The first-order chi connectivity index (χ1) is 8.72. The van der Waals surface area contributed by atoms with Gasteiger partial charge < -0.3 is 10.5 Å². The maximum Gasteiger partial charge on any atom is 0.142 e. The van der Waals surface area contributed by atoms with E-state index in [1.54, 1.807) is 18.2 Å². The van der Waals surface area contributed by atoms with Crippen molar-refractivity contribution in [2.75, 3.05) is 13.2 Å². The molecule has 0 aliphatic heterocycles. The fourth-order valence-corrected chi connectivity index (χ4v) is 1.48. The summed E-state index contributed by atoms with van der Waals surface area (Å²) in [5.74, 6) is 0.105. The van der Waals surface area contributed by atoms with Crippen LogP contribution in [0.1, 0.15) is 0 Å². The molecule has 0 spiro atoms. The highest BCUT2D eigenvalue weighted by Crippen LogP contribution is 2.20. The molecule has 2 N–H and O–H groups in total. The van der Waals surface area contributed by atoms with Crippen LogP contribution in [-0.2, 0) is 0 Å². The summed E-state index contributed by atoms with van der Waals surface area (Å²) >= 11 is 0. The van der Waals surface area contributed by atoms with E-state index in [-0.39, 0.29) is 13.2 Å². The molecule has 0 aliphatic carbocycles. The van der Waals surface area contributed by atoms with Gasteiger partial charge >= 0.3 is 0 Å². The minimum Gasteiger partial charge on any atom is -0.489 e. The van der Waals surface area contributed by atoms with Gasteiger partial charge in [-0.15, -0.1) is 0 Å². The van der Waals surface area contributed by atoms with Gasteiger partial charge in [0.05, 0.1) is 18.0 Å². The van der Waals surface area contributed by atoms with Crippen molar-refractivity contribution in [3.05, 3.63) is 48.2 Å². The third-order valence-electron chi connectivity index (χ3n) is 2.46. The minimum absolute atomic E-state index is 0.0707. The lowest BCUT2D eigenvalue weighted by Gasteiger charge is -2.07. The fourth-order valence-electron chi connectivity index (χ4n) is 1.48. The van der Waals surface area contributed by atoms with Crippen molar-refractivity contribution in [2.45, 2.75) is 0 Å². The maximum atomic E-state index is 13.0. The van der Waals surface area contributed by atoms with E-state index in [1.165, 1.54) is 6.07 Å². The third-order valence-corrected chi connectivity index (χ3v) is 2.46. The summed E-state index contributed by atoms with van der Waals surface area (Å²) in [7, 11) is 0. The summed E-state index contributed by atoms with van der Waals surface area (Å²) in [4.78, 5) is 3.93. The molecule has 5 heteroatoms. The predicted octanol–water partition coefficient (Wildman–Crippen LogP) is 2.56. The van der Waals surface area contributed by atoms with Gasteiger partial charge in [0.15, 0.2) is 0 Å². The van der Waals surface area contributed by atoms with Crippen molar-refractivity contribution in [3.8, 4) is 5.75 Å². The molecule has 1 aromatic heterocycles. The van der Waals surface area contributed by atoms with Crippen LogP contribution in [-0.4, -0.2) is 18.1 Å². The van der Waals surface area contributed by atoms with Crippen LogP contribution in [0.25, 0.3) is 10.9 Å². The highest BCUT2D eigenvalue weighted by atomic mass is 19.1. The molecule has 94 valence electrons. The number of hydrogen-bond acceptors (Lipinski definition) is 3. The zero-order chi connectivity index (χ0) is 13.0. The van der Waals surface area contributed by atoms with E-state index in [4.69, 9.17) is 10.5 Å².